The van der Waals surface area contributed by atoms with Crippen LogP contribution in [0.2, 0.25) is 0 Å². The molecule has 0 aromatic heterocycles. The molecule has 5 rings (SSSR count). The van der Waals surface area contributed by atoms with Crippen molar-refractivity contribution in [3.05, 3.63) is 81.0 Å². The summed E-state index contributed by atoms with van der Waals surface area (Å²) in [6.07, 6.45) is 0.712. The van der Waals surface area contributed by atoms with Gasteiger partial charge in [0, 0.05) is 48.8 Å². The highest BCUT2D eigenvalue weighted by Gasteiger charge is 2.40. The van der Waals surface area contributed by atoms with Crippen LogP contribution in [-0.4, -0.2) is 52.7 Å². The topological polar surface area (TPSA) is 39.2 Å². The lowest BCUT2D eigenvalue weighted by molar-refractivity contribution is -0.125. The minimum absolute atomic E-state index is 0.0371. The summed E-state index contributed by atoms with van der Waals surface area (Å²) in [6, 6.07) is 11.5. The van der Waals surface area contributed by atoms with Gasteiger partial charge in [0.15, 0.2) is 0 Å². The Kier molecular flexibility index (Phi) is 5.35. The van der Waals surface area contributed by atoms with Gasteiger partial charge in [0.05, 0.1) is 18.7 Å². The first-order valence-electron chi connectivity index (χ1n) is 10.3. The summed E-state index contributed by atoms with van der Waals surface area (Å²) in [5, 5.41) is 0. The van der Waals surface area contributed by atoms with Gasteiger partial charge in [-0.3, -0.25) is 19.6 Å². The molecule has 0 bridgehead atoms. The second-order valence-corrected chi connectivity index (χ2v) is 8.93. The maximum absolute atomic E-state index is 13.6. The fraction of sp³-hybridized carbons (Fsp3) is 0.304. The van der Waals surface area contributed by atoms with Crippen molar-refractivity contribution < 1.29 is 13.6 Å². The Morgan fingerprint density at radius 3 is 2.45 bits per heavy atom. The number of benzene rings is 2. The molecule has 0 fully saturated rings. The van der Waals surface area contributed by atoms with Gasteiger partial charge in [0.2, 0.25) is 5.96 Å². The van der Waals surface area contributed by atoms with Crippen LogP contribution in [-0.2, 0) is 17.9 Å². The Morgan fingerprint density at radius 2 is 1.71 bits per heavy atom. The molecule has 1 amide bonds. The molecule has 0 aliphatic carbocycles. The number of carbonyl (C=O) groups is 1. The molecule has 0 saturated carbocycles. The van der Waals surface area contributed by atoms with Crippen molar-refractivity contribution in [1.29, 1.82) is 0 Å². The van der Waals surface area contributed by atoms with Crippen LogP contribution in [0.4, 0.5) is 8.78 Å². The van der Waals surface area contributed by atoms with E-state index in [0.717, 1.165) is 46.4 Å². The lowest BCUT2D eigenvalue weighted by Crippen LogP contribution is -2.53. The van der Waals surface area contributed by atoms with E-state index in [0.29, 0.717) is 38.2 Å². The highest BCUT2D eigenvalue weighted by atomic mass is 79.9. The summed E-state index contributed by atoms with van der Waals surface area (Å²) in [5.41, 5.74) is 3.38. The van der Waals surface area contributed by atoms with Crippen LogP contribution in [0.15, 0.2) is 63.2 Å². The minimum Gasteiger partial charge on any atom is -0.314 e. The van der Waals surface area contributed by atoms with E-state index in [1.165, 1.54) is 12.1 Å². The third-order valence-corrected chi connectivity index (χ3v) is 6.39. The van der Waals surface area contributed by atoms with E-state index in [-0.39, 0.29) is 5.91 Å². The van der Waals surface area contributed by atoms with Crippen LogP contribution >= 0.6 is 15.9 Å². The number of carbonyl (C=O) groups excluding carboxylic acids is 1. The SMILES string of the molecule is O=C1C2=C(CCN(Cc3cc(F)cc(F)c3)C2)N2CCN=C2N1Cc1ccc(Br)cc1. The van der Waals surface area contributed by atoms with Crippen molar-refractivity contribution in [3.63, 3.8) is 0 Å². The van der Waals surface area contributed by atoms with Crippen LogP contribution < -0.4 is 0 Å². The molecule has 2 aromatic rings. The van der Waals surface area contributed by atoms with Gasteiger partial charge in [-0.15, -0.1) is 0 Å². The third-order valence-electron chi connectivity index (χ3n) is 5.87. The van der Waals surface area contributed by atoms with E-state index in [1.807, 2.05) is 24.3 Å². The lowest BCUT2D eigenvalue weighted by atomic mass is 10.00. The largest absolute Gasteiger partial charge is 0.314 e. The zero-order valence-corrected chi connectivity index (χ0v) is 18.4. The van der Waals surface area contributed by atoms with Crippen LogP contribution in [0.3, 0.4) is 0 Å². The number of hydrogen-bond acceptors (Lipinski definition) is 4. The summed E-state index contributed by atoms with van der Waals surface area (Å²) in [7, 11) is 0. The molecular formula is C23H21BrF2N4O. The van der Waals surface area contributed by atoms with E-state index in [9.17, 15) is 13.6 Å². The minimum atomic E-state index is -0.584. The summed E-state index contributed by atoms with van der Waals surface area (Å²) in [6.45, 7) is 3.46. The average Bonchev–Trinajstić information content (AvgIpc) is 3.21. The molecule has 0 unspecified atom stereocenters. The maximum Gasteiger partial charge on any atom is 0.259 e. The van der Waals surface area contributed by atoms with Crippen molar-refractivity contribution >= 4 is 27.8 Å². The van der Waals surface area contributed by atoms with Crippen molar-refractivity contribution in [3.8, 4) is 0 Å². The fourth-order valence-corrected chi connectivity index (χ4v) is 4.75. The van der Waals surface area contributed by atoms with Crippen molar-refractivity contribution in [2.24, 2.45) is 4.99 Å². The first-order valence-corrected chi connectivity index (χ1v) is 11.0. The molecule has 3 heterocycles. The molecule has 0 radical (unpaired) electrons. The predicted molar refractivity (Wildman–Crippen MR) is 117 cm³/mol. The standard InChI is InChI=1S/C23H21BrF2N4O/c24-17-3-1-15(2-4-17)13-30-22(31)20-14-28(12-16-9-18(25)11-19(26)10-16)7-5-21(20)29-8-6-27-23(29)30/h1-4,9-11H,5-8,12-14H2. The number of guanidine groups is 1. The molecule has 0 saturated heterocycles. The van der Waals surface area contributed by atoms with Crippen molar-refractivity contribution in [2.75, 3.05) is 26.2 Å². The third kappa shape index (κ3) is 4.02. The van der Waals surface area contributed by atoms with Gasteiger partial charge >= 0.3 is 0 Å². The zero-order chi connectivity index (χ0) is 21.5. The van der Waals surface area contributed by atoms with Gasteiger partial charge in [-0.25, -0.2) is 8.78 Å². The van der Waals surface area contributed by atoms with Crippen molar-refractivity contribution in [1.82, 2.24) is 14.7 Å². The number of halogens is 3. The predicted octanol–water partition coefficient (Wildman–Crippen LogP) is 3.90. The molecule has 0 spiro atoms. The lowest BCUT2D eigenvalue weighted by Gasteiger charge is -2.42. The maximum atomic E-state index is 13.6. The number of rotatable bonds is 4. The van der Waals surface area contributed by atoms with Gasteiger partial charge in [0.1, 0.15) is 11.6 Å². The zero-order valence-electron chi connectivity index (χ0n) is 16.8. The van der Waals surface area contributed by atoms with Gasteiger partial charge in [-0.1, -0.05) is 28.1 Å². The summed E-state index contributed by atoms with van der Waals surface area (Å²) in [5.74, 6) is -0.476. The highest BCUT2D eigenvalue weighted by molar-refractivity contribution is 9.10. The Labute approximate surface area is 187 Å². The van der Waals surface area contributed by atoms with Crippen molar-refractivity contribution in [2.45, 2.75) is 19.5 Å². The molecule has 0 N–H and O–H groups in total. The number of hydrogen-bond donors (Lipinski definition) is 0. The second kappa shape index (κ2) is 8.16. The average molecular weight is 487 g/mol. The molecular weight excluding hydrogens is 466 g/mol. The Bertz CT molecular complexity index is 1080. The van der Waals surface area contributed by atoms with E-state index in [4.69, 9.17) is 0 Å². The molecule has 8 heteroatoms. The quantitative estimate of drug-likeness (QED) is 0.657. The first kappa shape index (κ1) is 20.3. The van der Waals surface area contributed by atoms with Crippen LogP contribution in [0.1, 0.15) is 17.5 Å². The summed E-state index contributed by atoms with van der Waals surface area (Å²) < 4.78 is 28.2. The highest BCUT2D eigenvalue weighted by Crippen LogP contribution is 2.32. The number of nitrogens with zero attached hydrogens (tertiary/aromatic N) is 4. The van der Waals surface area contributed by atoms with E-state index in [2.05, 4.69) is 30.7 Å². The van der Waals surface area contributed by atoms with E-state index in [1.54, 1.807) is 4.90 Å². The Morgan fingerprint density at radius 1 is 0.968 bits per heavy atom. The van der Waals surface area contributed by atoms with Gasteiger partial charge < -0.3 is 4.90 Å². The molecule has 160 valence electrons. The summed E-state index contributed by atoms with van der Waals surface area (Å²) in [4.78, 5) is 24.1. The Balaban J connectivity index is 1.39. The normalized spacial score (nSPS) is 18.9. The number of fused-ring (bicyclic) bond motifs is 2. The molecule has 5 nitrogen and oxygen atoms in total. The van der Waals surface area contributed by atoms with Crippen LogP contribution in [0.5, 0.6) is 0 Å². The second-order valence-electron chi connectivity index (χ2n) is 8.01. The Hall–Kier alpha value is -2.58. The fourth-order valence-electron chi connectivity index (χ4n) is 4.48. The smallest absolute Gasteiger partial charge is 0.259 e. The van der Waals surface area contributed by atoms with Gasteiger partial charge in [-0.05, 0) is 35.4 Å². The van der Waals surface area contributed by atoms with E-state index < -0.39 is 11.6 Å². The number of amides is 1. The molecule has 2 aromatic carbocycles. The van der Waals surface area contributed by atoms with E-state index >= 15 is 0 Å². The molecule has 3 aliphatic heterocycles. The van der Waals surface area contributed by atoms with Gasteiger partial charge in [0.25, 0.3) is 5.91 Å². The first-order chi connectivity index (χ1) is 15.0. The molecule has 3 aliphatic rings. The molecule has 31 heavy (non-hydrogen) atoms. The monoisotopic (exact) mass is 486 g/mol. The number of aliphatic imine (C=N–C) groups is 1. The van der Waals surface area contributed by atoms with Gasteiger partial charge in [-0.2, -0.15) is 0 Å². The molecule has 0 atom stereocenters. The summed E-state index contributed by atoms with van der Waals surface area (Å²) >= 11 is 3.44. The van der Waals surface area contributed by atoms with Crippen LogP contribution in [0.25, 0.3) is 0 Å². The van der Waals surface area contributed by atoms with Crippen LogP contribution in [0, 0.1) is 11.6 Å².